The molecule has 1 aromatic heterocycles. The van der Waals surface area contributed by atoms with Gasteiger partial charge in [0.2, 0.25) is 0 Å². The second kappa shape index (κ2) is 4.59. The normalized spacial score (nSPS) is 17.3. The van der Waals surface area contributed by atoms with Gasteiger partial charge in [0, 0.05) is 25.3 Å². The number of hydrogen-bond acceptors (Lipinski definition) is 4. The molecule has 0 aliphatic carbocycles. The number of hydrogen-bond donors (Lipinski definition) is 1. The van der Waals surface area contributed by atoms with Crippen molar-refractivity contribution >= 4 is 5.82 Å². The molecular formula is C11H18N4. The van der Waals surface area contributed by atoms with Gasteiger partial charge in [-0.05, 0) is 25.5 Å². The molecule has 15 heavy (non-hydrogen) atoms. The van der Waals surface area contributed by atoms with Gasteiger partial charge in [-0.25, -0.2) is 10.4 Å². The van der Waals surface area contributed by atoms with E-state index in [0.29, 0.717) is 0 Å². The summed E-state index contributed by atoms with van der Waals surface area (Å²) in [4.78, 5) is 4.53. The Morgan fingerprint density at radius 1 is 1.40 bits per heavy atom. The van der Waals surface area contributed by atoms with Gasteiger partial charge in [0.1, 0.15) is 5.82 Å². The number of aromatic nitrogens is 1. The Morgan fingerprint density at radius 2 is 2.27 bits per heavy atom. The fourth-order valence-corrected chi connectivity index (χ4v) is 1.87. The van der Waals surface area contributed by atoms with E-state index in [1.165, 1.54) is 6.42 Å². The molecule has 0 atom stereocenters. The van der Waals surface area contributed by atoms with E-state index in [1.54, 1.807) is 0 Å². The van der Waals surface area contributed by atoms with Crippen LogP contribution in [0.2, 0.25) is 0 Å². The molecular weight excluding hydrogens is 188 g/mol. The summed E-state index contributed by atoms with van der Waals surface area (Å²) in [6, 6.07) is 6.14. The Labute approximate surface area is 90.8 Å². The molecule has 1 saturated heterocycles. The van der Waals surface area contributed by atoms with Crippen LogP contribution in [0.1, 0.15) is 19.0 Å². The third kappa shape index (κ3) is 2.27. The Hall–Kier alpha value is -1.13. The smallest absolute Gasteiger partial charge is 0.144 e. The maximum atomic E-state index is 4.53. The average molecular weight is 206 g/mol. The lowest BCUT2D eigenvalue weighted by Gasteiger charge is -2.28. The first-order valence-electron chi connectivity index (χ1n) is 5.53. The number of rotatable bonds is 3. The quantitative estimate of drug-likeness (QED) is 0.808. The molecule has 1 fully saturated rings. The number of aryl methyl sites for hydroxylation is 1. The molecule has 4 nitrogen and oxygen atoms in total. The minimum Gasteiger partial charge on any atom is -0.276 e. The first-order valence-corrected chi connectivity index (χ1v) is 5.53. The molecule has 0 unspecified atom stereocenters. The lowest BCUT2D eigenvalue weighted by Crippen LogP contribution is -2.46. The molecule has 2 rings (SSSR count). The number of nitrogens with zero attached hydrogens (tertiary/aromatic N) is 3. The standard InChI is InChI=1S/C11H18N4/c1-3-12-15-9-5-8-14(15)11-7-4-6-10(2)13-11/h4,6-7,12H,3,5,8-9H2,1-2H3. The molecule has 0 aromatic carbocycles. The van der Waals surface area contributed by atoms with Crippen LogP contribution in [0.25, 0.3) is 0 Å². The molecule has 82 valence electrons. The minimum atomic E-state index is 0.947. The van der Waals surface area contributed by atoms with E-state index in [4.69, 9.17) is 0 Å². The van der Waals surface area contributed by atoms with Crippen LogP contribution in [-0.2, 0) is 0 Å². The van der Waals surface area contributed by atoms with Crippen molar-refractivity contribution in [1.82, 2.24) is 15.5 Å². The van der Waals surface area contributed by atoms with Gasteiger partial charge in [-0.1, -0.05) is 13.0 Å². The van der Waals surface area contributed by atoms with Gasteiger partial charge in [-0.15, -0.1) is 0 Å². The lowest BCUT2D eigenvalue weighted by molar-refractivity contribution is 0.218. The summed E-state index contributed by atoms with van der Waals surface area (Å²) >= 11 is 0. The Kier molecular flexibility index (Phi) is 3.18. The van der Waals surface area contributed by atoms with Crippen LogP contribution < -0.4 is 10.4 Å². The number of anilines is 1. The van der Waals surface area contributed by atoms with Crippen LogP contribution >= 0.6 is 0 Å². The van der Waals surface area contributed by atoms with Crippen LogP contribution in [0.5, 0.6) is 0 Å². The topological polar surface area (TPSA) is 31.4 Å². The zero-order valence-electron chi connectivity index (χ0n) is 9.40. The van der Waals surface area contributed by atoms with Gasteiger partial charge >= 0.3 is 0 Å². The summed E-state index contributed by atoms with van der Waals surface area (Å²) in [5, 5.41) is 4.36. The van der Waals surface area contributed by atoms with E-state index in [9.17, 15) is 0 Å². The first-order chi connectivity index (χ1) is 7.31. The maximum Gasteiger partial charge on any atom is 0.144 e. The van der Waals surface area contributed by atoms with Gasteiger partial charge in [0.25, 0.3) is 0 Å². The first kappa shape index (κ1) is 10.4. The highest BCUT2D eigenvalue weighted by atomic mass is 15.8. The summed E-state index contributed by atoms with van der Waals surface area (Å²) in [6.07, 6.45) is 1.18. The number of hydrazine groups is 2. The van der Waals surface area contributed by atoms with Crippen molar-refractivity contribution in [3.8, 4) is 0 Å². The highest BCUT2D eigenvalue weighted by molar-refractivity contribution is 5.38. The third-order valence-corrected chi connectivity index (χ3v) is 2.51. The molecule has 1 aromatic rings. The van der Waals surface area contributed by atoms with Crippen LogP contribution in [0.4, 0.5) is 5.82 Å². The Bertz CT molecular complexity index is 326. The molecule has 2 heterocycles. The summed E-state index contributed by atoms with van der Waals surface area (Å²) in [5.41, 5.74) is 4.40. The van der Waals surface area contributed by atoms with E-state index < -0.39 is 0 Å². The molecule has 0 spiro atoms. The van der Waals surface area contributed by atoms with Gasteiger partial charge in [0.15, 0.2) is 0 Å². The molecule has 1 aliphatic rings. The van der Waals surface area contributed by atoms with Crippen molar-refractivity contribution in [3.05, 3.63) is 23.9 Å². The third-order valence-electron chi connectivity index (χ3n) is 2.51. The molecule has 0 saturated carbocycles. The van der Waals surface area contributed by atoms with Crippen molar-refractivity contribution in [2.24, 2.45) is 0 Å². The molecule has 4 heteroatoms. The highest BCUT2D eigenvalue weighted by Crippen LogP contribution is 2.17. The summed E-state index contributed by atoms with van der Waals surface area (Å²) in [6.45, 7) is 7.19. The molecule has 1 N–H and O–H groups in total. The van der Waals surface area contributed by atoms with E-state index in [1.807, 2.05) is 13.0 Å². The second-order valence-corrected chi connectivity index (χ2v) is 3.75. The van der Waals surface area contributed by atoms with Gasteiger partial charge < -0.3 is 0 Å². The molecule has 1 aliphatic heterocycles. The second-order valence-electron chi connectivity index (χ2n) is 3.75. The van der Waals surface area contributed by atoms with Crippen LogP contribution in [0.3, 0.4) is 0 Å². The van der Waals surface area contributed by atoms with Crippen molar-refractivity contribution in [2.45, 2.75) is 20.3 Å². The summed E-state index contributed by atoms with van der Waals surface area (Å²) in [7, 11) is 0. The van der Waals surface area contributed by atoms with E-state index >= 15 is 0 Å². The van der Waals surface area contributed by atoms with Crippen molar-refractivity contribution in [3.63, 3.8) is 0 Å². The average Bonchev–Trinajstić information content (AvgIpc) is 2.66. The fraction of sp³-hybridized carbons (Fsp3) is 0.545. The predicted molar refractivity (Wildman–Crippen MR) is 61.3 cm³/mol. The molecule has 0 amide bonds. The zero-order chi connectivity index (χ0) is 10.7. The summed E-state index contributed by atoms with van der Waals surface area (Å²) in [5.74, 6) is 1.04. The van der Waals surface area contributed by atoms with Crippen LogP contribution in [0, 0.1) is 6.92 Å². The Morgan fingerprint density at radius 3 is 3.00 bits per heavy atom. The monoisotopic (exact) mass is 206 g/mol. The minimum absolute atomic E-state index is 0.947. The molecule has 0 radical (unpaired) electrons. The van der Waals surface area contributed by atoms with Gasteiger partial charge in [-0.3, -0.25) is 5.01 Å². The SMILES string of the molecule is CCNN1CCCN1c1cccc(C)n1. The highest BCUT2D eigenvalue weighted by Gasteiger charge is 2.22. The predicted octanol–water partition coefficient (Wildman–Crippen LogP) is 1.34. The van der Waals surface area contributed by atoms with Crippen molar-refractivity contribution < 1.29 is 0 Å². The Balaban J connectivity index is 2.15. The molecule has 0 bridgehead atoms. The van der Waals surface area contributed by atoms with Gasteiger partial charge in [0.05, 0.1) is 0 Å². The fourth-order valence-electron chi connectivity index (χ4n) is 1.87. The van der Waals surface area contributed by atoms with Gasteiger partial charge in [-0.2, -0.15) is 5.12 Å². The van der Waals surface area contributed by atoms with E-state index in [2.05, 4.69) is 39.6 Å². The number of nitrogens with one attached hydrogen (secondary N) is 1. The maximum absolute atomic E-state index is 4.53. The van der Waals surface area contributed by atoms with E-state index in [0.717, 1.165) is 31.1 Å². The van der Waals surface area contributed by atoms with Crippen molar-refractivity contribution in [2.75, 3.05) is 24.6 Å². The number of pyridine rings is 1. The zero-order valence-corrected chi connectivity index (χ0v) is 9.40. The summed E-state index contributed by atoms with van der Waals surface area (Å²) < 4.78 is 0. The van der Waals surface area contributed by atoms with Crippen molar-refractivity contribution in [1.29, 1.82) is 0 Å². The largest absolute Gasteiger partial charge is 0.276 e. The van der Waals surface area contributed by atoms with Crippen LogP contribution in [-0.4, -0.2) is 29.7 Å². The van der Waals surface area contributed by atoms with Crippen LogP contribution in [0.15, 0.2) is 18.2 Å². The van der Waals surface area contributed by atoms with E-state index in [-0.39, 0.29) is 0 Å². The lowest BCUT2D eigenvalue weighted by atomic mass is 10.3.